The van der Waals surface area contributed by atoms with E-state index in [0.29, 0.717) is 16.8 Å². The van der Waals surface area contributed by atoms with Crippen LogP contribution in [0.5, 0.6) is 5.75 Å². The lowest BCUT2D eigenvalue weighted by Crippen LogP contribution is -2.26. The molecule has 1 N–H and O–H groups in total. The Morgan fingerprint density at radius 2 is 1.60 bits per heavy atom. The van der Waals surface area contributed by atoms with Gasteiger partial charge in [-0.25, -0.2) is 8.78 Å². The summed E-state index contributed by atoms with van der Waals surface area (Å²) in [5.74, 6) is -9.05. The van der Waals surface area contributed by atoms with Crippen LogP contribution in [0.25, 0.3) is 0 Å². The lowest BCUT2D eigenvalue weighted by atomic mass is 10.0. The fraction of sp³-hybridized carbons (Fsp3) is 0.294. The van der Waals surface area contributed by atoms with Crippen LogP contribution in [-0.2, 0) is 0 Å². The van der Waals surface area contributed by atoms with E-state index in [9.17, 15) is 27.2 Å². The Balaban J connectivity index is 2.37. The highest BCUT2D eigenvalue weighted by molar-refractivity contribution is 6.04. The predicted octanol–water partition coefficient (Wildman–Crippen LogP) is 4.04. The maximum Gasteiger partial charge on any atom is 0.219 e. The summed E-state index contributed by atoms with van der Waals surface area (Å²) in [6, 6.07) is 0.0433. The molecular weight excluding hydrogens is 342 g/mol. The first-order chi connectivity index (χ1) is 11.6. The number of aromatic nitrogens is 1. The summed E-state index contributed by atoms with van der Waals surface area (Å²) in [6.07, 6.45) is -1.46. The fourth-order valence-corrected chi connectivity index (χ4v) is 2.61. The van der Waals surface area contributed by atoms with Crippen molar-refractivity contribution < 1.29 is 31.9 Å². The van der Waals surface area contributed by atoms with E-state index in [1.165, 1.54) is 20.8 Å². The molecule has 0 aliphatic carbocycles. The standard InChI is InChI=1S/C17H15F4NO3/c1-6-12(8(3)23)7(2)22-15(6)16(24)9(4)25-17-13(20)10(18)5-11(19)14(17)21/h5,9,22H,1-4H3/t9-/m1/s1. The van der Waals surface area contributed by atoms with Crippen molar-refractivity contribution in [1.29, 1.82) is 0 Å². The Morgan fingerprint density at radius 3 is 2.04 bits per heavy atom. The summed E-state index contributed by atoms with van der Waals surface area (Å²) in [4.78, 5) is 26.8. The fourth-order valence-electron chi connectivity index (χ4n) is 2.61. The zero-order chi connectivity index (χ0) is 19.0. The molecule has 0 spiro atoms. The number of nitrogens with one attached hydrogen (secondary N) is 1. The van der Waals surface area contributed by atoms with Gasteiger partial charge in [-0.1, -0.05) is 0 Å². The van der Waals surface area contributed by atoms with Gasteiger partial charge in [-0.2, -0.15) is 8.78 Å². The van der Waals surface area contributed by atoms with Crippen molar-refractivity contribution in [2.45, 2.75) is 33.8 Å². The molecular formula is C17H15F4NO3. The largest absolute Gasteiger partial charge is 0.476 e. The molecule has 2 rings (SSSR count). The third-order valence-corrected chi connectivity index (χ3v) is 3.77. The molecule has 0 unspecified atom stereocenters. The van der Waals surface area contributed by atoms with Gasteiger partial charge in [0.1, 0.15) is 0 Å². The van der Waals surface area contributed by atoms with Crippen LogP contribution >= 0.6 is 0 Å². The summed E-state index contributed by atoms with van der Waals surface area (Å²) in [5.41, 5.74) is 1.16. The molecule has 0 saturated heterocycles. The molecule has 0 aliphatic heterocycles. The first kappa shape index (κ1) is 18.7. The highest BCUT2D eigenvalue weighted by Crippen LogP contribution is 2.28. The van der Waals surface area contributed by atoms with E-state index in [4.69, 9.17) is 4.74 Å². The van der Waals surface area contributed by atoms with Crippen LogP contribution in [0.1, 0.15) is 46.0 Å². The minimum Gasteiger partial charge on any atom is -0.476 e. The summed E-state index contributed by atoms with van der Waals surface area (Å²) in [6.45, 7) is 5.63. The number of hydrogen-bond acceptors (Lipinski definition) is 3. The van der Waals surface area contributed by atoms with E-state index < -0.39 is 40.9 Å². The number of benzene rings is 1. The molecule has 1 aromatic carbocycles. The number of hydrogen-bond donors (Lipinski definition) is 1. The zero-order valence-corrected chi connectivity index (χ0v) is 13.9. The van der Waals surface area contributed by atoms with Gasteiger partial charge in [-0.05, 0) is 33.3 Å². The van der Waals surface area contributed by atoms with Crippen LogP contribution in [-0.4, -0.2) is 22.7 Å². The molecule has 1 aromatic heterocycles. The quantitative estimate of drug-likeness (QED) is 0.499. The second-order valence-corrected chi connectivity index (χ2v) is 5.60. The molecule has 25 heavy (non-hydrogen) atoms. The molecule has 134 valence electrons. The van der Waals surface area contributed by atoms with E-state index in [1.807, 2.05) is 0 Å². The molecule has 4 nitrogen and oxygen atoms in total. The van der Waals surface area contributed by atoms with Gasteiger partial charge in [0.2, 0.25) is 17.4 Å². The first-order valence-corrected chi connectivity index (χ1v) is 7.30. The average Bonchev–Trinajstić information content (AvgIpc) is 2.83. The van der Waals surface area contributed by atoms with Crippen LogP contribution in [0.2, 0.25) is 0 Å². The smallest absolute Gasteiger partial charge is 0.219 e. The number of ether oxygens (including phenoxy) is 1. The van der Waals surface area contributed by atoms with Gasteiger partial charge < -0.3 is 9.72 Å². The van der Waals surface area contributed by atoms with Crippen LogP contribution < -0.4 is 4.74 Å². The zero-order valence-electron chi connectivity index (χ0n) is 13.9. The number of Topliss-reactive ketones (excluding diaryl/α,β-unsaturated/α-hetero) is 2. The Bertz CT molecular complexity index is 847. The highest BCUT2D eigenvalue weighted by atomic mass is 19.2. The molecule has 0 aliphatic rings. The van der Waals surface area contributed by atoms with Gasteiger partial charge >= 0.3 is 0 Å². The Hall–Kier alpha value is -2.64. The monoisotopic (exact) mass is 357 g/mol. The molecule has 0 saturated carbocycles. The normalized spacial score (nSPS) is 12.2. The van der Waals surface area contributed by atoms with Crippen LogP contribution in [0.3, 0.4) is 0 Å². The Kier molecular flexibility index (Phi) is 5.01. The van der Waals surface area contributed by atoms with Crippen molar-refractivity contribution in [3.8, 4) is 5.75 Å². The van der Waals surface area contributed by atoms with E-state index in [-0.39, 0.29) is 17.5 Å². The highest BCUT2D eigenvalue weighted by Gasteiger charge is 2.28. The molecule has 2 aromatic rings. The third-order valence-electron chi connectivity index (χ3n) is 3.77. The summed E-state index contributed by atoms with van der Waals surface area (Å²) in [7, 11) is 0. The maximum atomic E-state index is 13.7. The van der Waals surface area contributed by atoms with Crippen molar-refractivity contribution in [3.63, 3.8) is 0 Å². The minimum atomic E-state index is -1.73. The third kappa shape index (κ3) is 3.29. The molecule has 8 heteroatoms. The summed E-state index contributed by atoms with van der Waals surface area (Å²) >= 11 is 0. The number of ketones is 2. The van der Waals surface area contributed by atoms with Crippen molar-refractivity contribution in [2.75, 3.05) is 0 Å². The van der Waals surface area contributed by atoms with Crippen molar-refractivity contribution in [3.05, 3.63) is 51.9 Å². The van der Waals surface area contributed by atoms with E-state index in [0.717, 1.165) is 0 Å². The van der Waals surface area contributed by atoms with Crippen molar-refractivity contribution >= 4 is 11.6 Å². The minimum absolute atomic E-state index is 0.0212. The molecule has 0 radical (unpaired) electrons. The number of aryl methyl sites for hydroxylation is 1. The van der Waals surface area contributed by atoms with Gasteiger partial charge in [0, 0.05) is 17.3 Å². The summed E-state index contributed by atoms with van der Waals surface area (Å²) in [5, 5.41) is 0. The van der Waals surface area contributed by atoms with Crippen molar-refractivity contribution in [1.82, 2.24) is 4.98 Å². The second kappa shape index (κ2) is 6.70. The molecule has 0 amide bonds. The van der Waals surface area contributed by atoms with Gasteiger partial charge in [0.15, 0.2) is 29.3 Å². The Morgan fingerprint density at radius 1 is 1.08 bits per heavy atom. The van der Waals surface area contributed by atoms with Crippen LogP contribution in [0.4, 0.5) is 17.6 Å². The van der Waals surface area contributed by atoms with Crippen LogP contribution in [0, 0.1) is 37.1 Å². The topological polar surface area (TPSA) is 59.2 Å². The van der Waals surface area contributed by atoms with Gasteiger partial charge in [-0.3, -0.25) is 9.59 Å². The number of H-pyrrole nitrogens is 1. The lowest BCUT2D eigenvalue weighted by Gasteiger charge is -2.15. The van der Waals surface area contributed by atoms with E-state index >= 15 is 0 Å². The number of rotatable bonds is 5. The molecule has 0 bridgehead atoms. The van der Waals surface area contributed by atoms with E-state index in [1.54, 1.807) is 6.92 Å². The number of carbonyl (C=O) groups is 2. The Labute approximate surface area is 140 Å². The average molecular weight is 357 g/mol. The van der Waals surface area contributed by atoms with Gasteiger partial charge in [0.05, 0.1) is 5.69 Å². The predicted molar refractivity (Wildman–Crippen MR) is 81.0 cm³/mol. The molecule has 0 fully saturated rings. The van der Waals surface area contributed by atoms with Gasteiger partial charge in [-0.15, -0.1) is 0 Å². The van der Waals surface area contributed by atoms with E-state index in [2.05, 4.69) is 4.98 Å². The second-order valence-electron chi connectivity index (χ2n) is 5.60. The first-order valence-electron chi connectivity index (χ1n) is 7.30. The lowest BCUT2D eigenvalue weighted by molar-refractivity contribution is 0.0796. The van der Waals surface area contributed by atoms with Crippen molar-refractivity contribution in [2.24, 2.45) is 0 Å². The number of carbonyl (C=O) groups excluding carboxylic acids is 2. The SMILES string of the molecule is CC(=O)c1c(C)[nH]c(C(=O)[C@@H](C)Oc2c(F)c(F)cc(F)c2F)c1C. The number of aromatic amines is 1. The number of halogens is 4. The molecule has 1 atom stereocenters. The van der Waals surface area contributed by atoms with Gasteiger partial charge in [0.25, 0.3) is 0 Å². The molecule has 1 heterocycles. The van der Waals surface area contributed by atoms with Crippen LogP contribution in [0.15, 0.2) is 6.07 Å². The summed E-state index contributed by atoms with van der Waals surface area (Å²) < 4.78 is 58.6. The maximum absolute atomic E-state index is 13.7.